The summed E-state index contributed by atoms with van der Waals surface area (Å²) in [4.78, 5) is 86.7. The summed E-state index contributed by atoms with van der Waals surface area (Å²) in [5, 5.41) is 60.1. The van der Waals surface area contributed by atoms with E-state index in [9.17, 15) is 49.1 Å². The smallest absolute Gasteiger partial charge is 0.229 e. The highest BCUT2D eigenvalue weighted by Gasteiger charge is 2.27. The van der Waals surface area contributed by atoms with Crippen LogP contribution in [0.1, 0.15) is 90.1 Å². The molecule has 0 atom stereocenters. The van der Waals surface area contributed by atoms with Crippen LogP contribution in [-0.2, 0) is 96.2 Å². The number of carbonyl (C=O) groups is 4. The zero-order chi connectivity index (χ0) is 75.9. The highest BCUT2D eigenvalue weighted by Crippen LogP contribution is 2.39. The van der Waals surface area contributed by atoms with Gasteiger partial charge in [-0.25, -0.2) is 44.3 Å². The normalized spacial score (nSPS) is 12.2. The zero-order valence-electron chi connectivity index (χ0n) is 59.2. The fourth-order valence-electron chi connectivity index (χ4n) is 13.2. The van der Waals surface area contributed by atoms with E-state index in [0.29, 0.717) is 63.9 Å². The lowest BCUT2D eigenvalue weighted by Crippen LogP contribution is -2.19. The minimum Gasteiger partial charge on any atom is -0.508 e. The lowest BCUT2D eigenvalue weighted by Gasteiger charge is -2.20. The molecular weight excluding hydrogens is 1460 g/mol. The number of aryl methyl sites for hydroxylation is 12. The standard InChI is InChI=1S/C21H18BrN3O2.C21H18ClN3O2.C21H18FN3O2.C21H19N3O3/c3*1-12-21(25-19(27)10-13-2-5-15(22)6-3-13)24-18-9-4-14-11-16(26)7-8-17(14)20(18)23-12;1-12-21(24-19(27)10-13-2-5-15(25)6-3-13)23-18-9-4-14-11-16(26)7-8-17(14)20(18)22-12/h3*2-3,5-8,11,26H,4,9-10H2,1H3,(H,24,25,27);2-3,5-8,11,25-26H,4,9-10H2,1H3,(H,23,24,27). The Morgan fingerprint density at radius 1 is 0.343 bits per heavy atom. The fraction of sp³-hybridized carbons (Fsp3) is 0.190. The average Bonchev–Trinajstić information content (AvgIpc) is 0.793. The molecule has 21 nitrogen and oxygen atoms in total. The van der Waals surface area contributed by atoms with Gasteiger partial charge < -0.3 is 46.8 Å². The molecular formula is C84H73BrClFN12O9. The van der Waals surface area contributed by atoms with Gasteiger partial charge in [-0.2, -0.15) is 0 Å². The third kappa shape index (κ3) is 17.9. The number of rotatable bonds is 12. The fourth-order valence-corrected chi connectivity index (χ4v) is 13.6. The van der Waals surface area contributed by atoms with Crippen LogP contribution in [0.4, 0.5) is 27.7 Å². The average molecular weight is 1530 g/mol. The van der Waals surface area contributed by atoms with E-state index >= 15 is 0 Å². The molecule has 16 rings (SSSR count). The molecule has 0 fully saturated rings. The molecule has 0 aliphatic heterocycles. The van der Waals surface area contributed by atoms with Crippen LogP contribution in [0, 0.1) is 33.5 Å². The topological polar surface area (TPSA) is 321 Å². The summed E-state index contributed by atoms with van der Waals surface area (Å²) in [5.41, 5.74) is 20.8. The minimum absolute atomic E-state index is 0.115. The molecule has 4 amide bonds. The van der Waals surface area contributed by atoms with Crippen LogP contribution < -0.4 is 21.3 Å². The summed E-state index contributed by atoms with van der Waals surface area (Å²) in [6, 6.07) is 48.4. The van der Waals surface area contributed by atoms with Gasteiger partial charge >= 0.3 is 0 Å². The Morgan fingerprint density at radius 3 is 0.861 bits per heavy atom. The van der Waals surface area contributed by atoms with Gasteiger partial charge in [0.1, 0.15) is 34.6 Å². The number of aromatic hydroxyl groups is 5. The van der Waals surface area contributed by atoms with Crippen molar-refractivity contribution in [1.82, 2.24) is 39.9 Å². The lowest BCUT2D eigenvalue weighted by molar-refractivity contribution is -0.116. The molecule has 24 heteroatoms. The number of nitrogens with zero attached hydrogens (tertiary/aromatic N) is 8. The molecule has 4 aliphatic rings. The molecule has 0 spiro atoms. The Labute approximate surface area is 634 Å². The third-order valence-electron chi connectivity index (χ3n) is 18.6. The van der Waals surface area contributed by atoms with Crippen LogP contribution in [0.3, 0.4) is 0 Å². The molecule has 0 saturated carbocycles. The first-order valence-electron chi connectivity index (χ1n) is 35.0. The van der Waals surface area contributed by atoms with Crippen molar-refractivity contribution >= 4 is 74.4 Å². The maximum atomic E-state index is 13.0. The number of hydrogen-bond acceptors (Lipinski definition) is 17. The maximum Gasteiger partial charge on any atom is 0.229 e. The number of halogens is 3. The van der Waals surface area contributed by atoms with E-state index in [1.165, 1.54) is 12.1 Å². The summed E-state index contributed by atoms with van der Waals surface area (Å²) in [6.45, 7) is 7.30. The summed E-state index contributed by atoms with van der Waals surface area (Å²) < 4.78 is 14.0. The van der Waals surface area contributed by atoms with Crippen LogP contribution in [0.15, 0.2) is 174 Å². The van der Waals surface area contributed by atoms with Gasteiger partial charge in [0.15, 0.2) is 23.3 Å². The predicted molar refractivity (Wildman–Crippen MR) is 415 cm³/mol. The van der Waals surface area contributed by atoms with Crippen molar-refractivity contribution in [2.45, 2.75) is 105 Å². The van der Waals surface area contributed by atoms with E-state index in [0.717, 1.165) is 155 Å². The van der Waals surface area contributed by atoms with Crippen molar-refractivity contribution in [2.24, 2.45) is 0 Å². The molecule has 0 bridgehead atoms. The van der Waals surface area contributed by atoms with Crippen LogP contribution >= 0.6 is 27.5 Å². The Kier molecular flexibility index (Phi) is 22.3. The SMILES string of the molecule is Cc1nc2c(nc1NC(=O)Cc1ccc(Br)cc1)CCc1cc(O)ccc1-2.Cc1nc2c(nc1NC(=O)Cc1ccc(Cl)cc1)CCc1cc(O)ccc1-2.Cc1nc2c(nc1NC(=O)Cc1ccc(F)cc1)CCc1cc(O)ccc1-2.Cc1nc2c(nc1NC(=O)Cc1ccc(O)cc1)CCc1cc(O)ccc1-2. The molecule has 4 heterocycles. The molecule has 4 aliphatic carbocycles. The number of phenolic OH excluding ortho intramolecular Hbond substituents is 5. The van der Waals surface area contributed by atoms with Gasteiger partial charge in [-0.05, 0) is 245 Å². The Hall–Kier alpha value is -12.3. The number of phenols is 5. The molecule has 0 radical (unpaired) electrons. The van der Waals surface area contributed by atoms with Crippen molar-refractivity contribution in [3.05, 3.63) is 275 Å². The van der Waals surface area contributed by atoms with Gasteiger partial charge in [0, 0.05) is 31.7 Å². The molecule has 12 aromatic rings. The van der Waals surface area contributed by atoms with Crippen molar-refractivity contribution < 1.29 is 49.1 Å². The van der Waals surface area contributed by atoms with E-state index in [4.69, 9.17) is 16.6 Å². The Morgan fingerprint density at radius 2 is 0.583 bits per heavy atom. The van der Waals surface area contributed by atoms with Crippen LogP contribution in [0.5, 0.6) is 28.7 Å². The highest BCUT2D eigenvalue weighted by atomic mass is 79.9. The monoisotopic (exact) mass is 1530 g/mol. The van der Waals surface area contributed by atoms with E-state index in [1.807, 2.05) is 81.4 Å². The number of aromatic nitrogens is 8. The molecule has 8 aromatic carbocycles. The van der Waals surface area contributed by atoms with Gasteiger partial charge in [-0.3, -0.25) is 19.2 Å². The van der Waals surface area contributed by atoms with E-state index in [1.54, 1.807) is 104 Å². The summed E-state index contributed by atoms with van der Waals surface area (Å²) in [6.07, 6.45) is 6.83. The van der Waals surface area contributed by atoms with Crippen molar-refractivity contribution in [2.75, 3.05) is 21.3 Å². The van der Waals surface area contributed by atoms with Crippen LogP contribution in [-0.4, -0.2) is 89.0 Å². The molecule has 0 saturated heterocycles. The van der Waals surface area contributed by atoms with E-state index < -0.39 is 0 Å². The first-order chi connectivity index (χ1) is 52.0. The van der Waals surface area contributed by atoms with Crippen molar-refractivity contribution in [1.29, 1.82) is 0 Å². The molecule has 544 valence electrons. The maximum absolute atomic E-state index is 13.0. The number of carbonyl (C=O) groups excluding carboxylic acids is 4. The van der Waals surface area contributed by atoms with Gasteiger partial charge in [-0.15, -0.1) is 0 Å². The van der Waals surface area contributed by atoms with Gasteiger partial charge in [0.25, 0.3) is 0 Å². The zero-order valence-corrected chi connectivity index (χ0v) is 61.6. The molecule has 0 unspecified atom stereocenters. The first-order valence-corrected chi connectivity index (χ1v) is 36.1. The van der Waals surface area contributed by atoms with Gasteiger partial charge in [-0.1, -0.05) is 76.1 Å². The Bertz CT molecular complexity index is 4810. The van der Waals surface area contributed by atoms with Gasteiger partial charge in [0.2, 0.25) is 23.6 Å². The van der Waals surface area contributed by atoms with Crippen molar-refractivity contribution in [3.63, 3.8) is 0 Å². The number of benzene rings is 8. The first kappa shape index (κ1) is 74.0. The second kappa shape index (κ2) is 32.6. The minimum atomic E-state index is -0.329. The third-order valence-corrected chi connectivity index (χ3v) is 19.4. The number of fused-ring (bicyclic) bond motifs is 12. The second-order valence-corrected chi connectivity index (χ2v) is 28.0. The predicted octanol–water partition coefficient (Wildman–Crippen LogP) is 15.0. The molecule has 9 N–H and O–H groups in total. The van der Waals surface area contributed by atoms with E-state index in [-0.39, 0.29) is 83.9 Å². The summed E-state index contributed by atoms with van der Waals surface area (Å²) in [5.74, 6) is 2.12. The Balaban J connectivity index is 0.000000127. The van der Waals surface area contributed by atoms with E-state index in [2.05, 4.69) is 72.1 Å². The number of hydrogen-bond donors (Lipinski definition) is 9. The molecule has 108 heavy (non-hydrogen) atoms. The van der Waals surface area contributed by atoms with Crippen LogP contribution in [0.25, 0.3) is 45.0 Å². The second-order valence-electron chi connectivity index (χ2n) is 26.6. The largest absolute Gasteiger partial charge is 0.508 e. The summed E-state index contributed by atoms with van der Waals surface area (Å²) >= 11 is 9.27. The van der Waals surface area contributed by atoms with Crippen molar-refractivity contribution in [3.8, 4) is 73.8 Å². The van der Waals surface area contributed by atoms with Crippen LogP contribution in [0.2, 0.25) is 5.02 Å². The number of anilines is 4. The lowest BCUT2D eigenvalue weighted by atomic mass is 9.91. The number of nitrogens with one attached hydrogen (secondary N) is 4. The quantitative estimate of drug-likeness (QED) is 0.0549. The van der Waals surface area contributed by atoms with Gasteiger partial charge in [0.05, 0.1) is 94.0 Å². The highest BCUT2D eigenvalue weighted by molar-refractivity contribution is 9.10. The number of amides is 4. The summed E-state index contributed by atoms with van der Waals surface area (Å²) in [7, 11) is 0. The molecule has 4 aromatic heterocycles.